The number of anilines is 1. The molecule has 0 spiro atoms. The maximum Gasteiger partial charge on any atom is 0.338 e. The molecule has 0 heterocycles. The molecule has 0 saturated carbocycles. The van der Waals surface area contributed by atoms with Crippen molar-refractivity contribution in [3.05, 3.63) is 28.8 Å². The Morgan fingerprint density at radius 2 is 2.06 bits per heavy atom. The third-order valence-corrected chi connectivity index (χ3v) is 2.75. The Kier molecular flexibility index (Phi) is 4.59. The zero-order valence-corrected chi connectivity index (χ0v) is 11.5. The van der Waals surface area contributed by atoms with Crippen molar-refractivity contribution >= 4 is 23.3 Å². The Balaban J connectivity index is 2.66. The number of aliphatic hydroxyl groups is 1. The van der Waals surface area contributed by atoms with Crippen LogP contribution in [0.1, 0.15) is 31.1 Å². The second-order valence-corrected chi connectivity index (χ2v) is 5.69. The molecule has 5 heteroatoms. The van der Waals surface area contributed by atoms with Crippen LogP contribution in [0.3, 0.4) is 0 Å². The van der Waals surface area contributed by atoms with Crippen molar-refractivity contribution < 1.29 is 14.6 Å². The number of nitrogens with two attached hydrogens (primary N) is 1. The van der Waals surface area contributed by atoms with Crippen molar-refractivity contribution in [3.63, 3.8) is 0 Å². The molecule has 0 amide bonds. The van der Waals surface area contributed by atoms with Crippen LogP contribution in [0.5, 0.6) is 0 Å². The maximum atomic E-state index is 11.7. The molecule has 0 radical (unpaired) electrons. The number of esters is 1. The van der Waals surface area contributed by atoms with E-state index in [2.05, 4.69) is 0 Å². The van der Waals surface area contributed by atoms with Crippen molar-refractivity contribution in [2.45, 2.75) is 26.9 Å². The summed E-state index contributed by atoms with van der Waals surface area (Å²) in [5.74, 6) is -0.549. The standard InChI is InChI=1S/C13H18ClNO3/c1-13(2,3)11(16)7-18-12(17)8-4-9(14)6-10(15)5-8/h4-6,11,16H,7,15H2,1-3H3. The van der Waals surface area contributed by atoms with Crippen molar-refractivity contribution in [2.75, 3.05) is 12.3 Å². The molecule has 3 N–H and O–H groups in total. The molecule has 18 heavy (non-hydrogen) atoms. The Bertz CT molecular complexity index is 420. The first-order valence-electron chi connectivity index (χ1n) is 5.61. The fourth-order valence-corrected chi connectivity index (χ4v) is 1.46. The molecule has 0 fully saturated rings. The molecular weight excluding hydrogens is 254 g/mol. The Hall–Kier alpha value is -1.26. The van der Waals surface area contributed by atoms with Gasteiger partial charge in [-0.25, -0.2) is 4.79 Å². The molecule has 1 rings (SSSR count). The first-order chi connectivity index (χ1) is 8.20. The number of rotatable bonds is 3. The van der Waals surface area contributed by atoms with Crippen LogP contribution in [-0.4, -0.2) is 23.8 Å². The minimum absolute atomic E-state index is 0.0608. The SMILES string of the molecule is CC(C)(C)C(O)COC(=O)c1cc(N)cc(Cl)c1. The topological polar surface area (TPSA) is 72.5 Å². The van der Waals surface area contributed by atoms with E-state index in [1.165, 1.54) is 12.1 Å². The van der Waals surface area contributed by atoms with Crippen LogP contribution in [0, 0.1) is 5.41 Å². The van der Waals surface area contributed by atoms with Gasteiger partial charge in [0.25, 0.3) is 0 Å². The van der Waals surface area contributed by atoms with E-state index < -0.39 is 12.1 Å². The van der Waals surface area contributed by atoms with Gasteiger partial charge in [0.1, 0.15) is 6.61 Å². The Labute approximate surface area is 112 Å². The van der Waals surface area contributed by atoms with Gasteiger partial charge in [0.15, 0.2) is 0 Å². The molecule has 1 unspecified atom stereocenters. The number of ether oxygens (including phenoxy) is 1. The van der Waals surface area contributed by atoms with E-state index >= 15 is 0 Å². The molecule has 0 aliphatic rings. The summed E-state index contributed by atoms with van der Waals surface area (Å²) in [7, 11) is 0. The van der Waals surface area contributed by atoms with Crippen LogP contribution in [0.25, 0.3) is 0 Å². The van der Waals surface area contributed by atoms with E-state index in [0.717, 1.165) is 0 Å². The highest BCUT2D eigenvalue weighted by Crippen LogP contribution is 2.20. The second-order valence-electron chi connectivity index (χ2n) is 5.25. The minimum atomic E-state index is -0.724. The number of nitrogen functional groups attached to an aromatic ring is 1. The van der Waals surface area contributed by atoms with E-state index in [0.29, 0.717) is 10.7 Å². The first kappa shape index (κ1) is 14.8. The summed E-state index contributed by atoms with van der Waals surface area (Å²) in [5.41, 5.74) is 5.91. The average Bonchev–Trinajstić information content (AvgIpc) is 2.22. The van der Waals surface area contributed by atoms with Crippen LogP contribution in [0.15, 0.2) is 18.2 Å². The van der Waals surface area contributed by atoms with Crippen LogP contribution < -0.4 is 5.73 Å². The monoisotopic (exact) mass is 271 g/mol. The van der Waals surface area contributed by atoms with Crippen molar-refractivity contribution in [1.82, 2.24) is 0 Å². The number of hydrogen-bond acceptors (Lipinski definition) is 4. The van der Waals surface area contributed by atoms with Gasteiger partial charge in [0.05, 0.1) is 11.7 Å². The highest BCUT2D eigenvalue weighted by molar-refractivity contribution is 6.31. The molecule has 0 saturated heterocycles. The van der Waals surface area contributed by atoms with Gasteiger partial charge in [-0.3, -0.25) is 0 Å². The van der Waals surface area contributed by atoms with Crippen LogP contribution in [0.4, 0.5) is 5.69 Å². The summed E-state index contributed by atoms with van der Waals surface area (Å²) in [5, 5.41) is 10.1. The van der Waals surface area contributed by atoms with Gasteiger partial charge in [-0.05, 0) is 23.6 Å². The van der Waals surface area contributed by atoms with Gasteiger partial charge in [0, 0.05) is 10.7 Å². The predicted molar refractivity (Wildman–Crippen MR) is 71.6 cm³/mol. The second kappa shape index (κ2) is 5.59. The summed E-state index contributed by atoms with van der Waals surface area (Å²) in [4.78, 5) is 11.7. The van der Waals surface area contributed by atoms with Crippen molar-refractivity contribution in [1.29, 1.82) is 0 Å². The van der Waals surface area contributed by atoms with Gasteiger partial charge in [-0.1, -0.05) is 32.4 Å². The van der Waals surface area contributed by atoms with Crippen molar-refractivity contribution in [3.8, 4) is 0 Å². The largest absolute Gasteiger partial charge is 0.459 e. The molecule has 1 aromatic rings. The summed E-state index contributed by atoms with van der Waals surface area (Å²) >= 11 is 5.79. The number of carbonyl (C=O) groups is 1. The van der Waals surface area contributed by atoms with Gasteiger partial charge in [0.2, 0.25) is 0 Å². The number of hydrogen-bond donors (Lipinski definition) is 2. The average molecular weight is 272 g/mol. The van der Waals surface area contributed by atoms with Crippen molar-refractivity contribution in [2.24, 2.45) is 5.41 Å². The molecule has 1 aromatic carbocycles. The molecule has 100 valence electrons. The predicted octanol–water partition coefficient (Wildman–Crippen LogP) is 2.49. The van der Waals surface area contributed by atoms with Crippen LogP contribution in [0.2, 0.25) is 5.02 Å². The summed E-state index contributed by atoms with van der Waals surface area (Å²) in [6.45, 7) is 5.53. The van der Waals surface area contributed by atoms with E-state index in [-0.39, 0.29) is 17.6 Å². The molecule has 0 aromatic heterocycles. The molecule has 1 atom stereocenters. The lowest BCUT2D eigenvalue weighted by Gasteiger charge is -2.25. The van der Waals surface area contributed by atoms with Crippen LogP contribution in [-0.2, 0) is 4.74 Å². The number of carbonyl (C=O) groups excluding carboxylic acids is 1. The van der Waals surface area contributed by atoms with E-state index in [4.69, 9.17) is 22.1 Å². The lowest BCUT2D eigenvalue weighted by atomic mass is 9.90. The molecule has 0 aliphatic carbocycles. The lowest BCUT2D eigenvalue weighted by Crippen LogP contribution is -2.31. The minimum Gasteiger partial charge on any atom is -0.459 e. The van der Waals surface area contributed by atoms with Gasteiger partial charge in [-0.2, -0.15) is 0 Å². The highest BCUT2D eigenvalue weighted by Gasteiger charge is 2.23. The lowest BCUT2D eigenvalue weighted by molar-refractivity contribution is -0.0104. The third kappa shape index (κ3) is 4.20. The summed E-state index contributed by atoms with van der Waals surface area (Å²) in [6, 6.07) is 4.50. The first-order valence-corrected chi connectivity index (χ1v) is 5.99. The quantitative estimate of drug-likeness (QED) is 0.654. The zero-order chi connectivity index (χ0) is 13.9. The van der Waals surface area contributed by atoms with E-state index in [1.807, 2.05) is 20.8 Å². The zero-order valence-electron chi connectivity index (χ0n) is 10.7. The summed E-state index contributed by atoms with van der Waals surface area (Å²) in [6.07, 6.45) is -0.724. The van der Waals surface area contributed by atoms with Gasteiger partial charge in [-0.15, -0.1) is 0 Å². The molecule has 0 bridgehead atoms. The van der Waals surface area contributed by atoms with Gasteiger partial charge < -0.3 is 15.6 Å². The smallest absolute Gasteiger partial charge is 0.338 e. The fraction of sp³-hybridized carbons (Fsp3) is 0.462. The Morgan fingerprint density at radius 1 is 1.44 bits per heavy atom. The Morgan fingerprint density at radius 3 is 2.56 bits per heavy atom. The number of halogens is 1. The molecule has 0 aliphatic heterocycles. The van der Waals surface area contributed by atoms with E-state index in [1.54, 1.807) is 6.07 Å². The van der Waals surface area contributed by atoms with E-state index in [9.17, 15) is 9.90 Å². The molecule has 4 nitrogen and oxygen atoms in total. The normalized spacial score (nSPS) is 13.2. The fourth-order valence-electron chi connectivity index (χ4n) is 1.22. The number of benzene rings is 1. The van der Waals surface area contributed by atoms with Crippen LogP contribution >= 0.6 is 11.6 Å². The third-order valence-electron chi connectivity index (χ3n) is 2.53. The summed E-state index contributed by atoms with van der Waals surface area (Å²) < 4.78 is 5.02. The number of aliphatic hydroxyl groups excluding tert-OH is 1. The highest BCUT2D eigenvalue weighted by atomic mass is 35.5. The maximum absolute atomic E-state index is 11.7. The molecular formula is C13H18ClNO3. The van der Waals surface area contributed by atoms with Gasteiger partial charge >= 0.3 is 5.97 Å².